The van der Waals surface area contributed by atoms with E-state index in [0.29, 0.717) is 22.3 Å². The van der Waals surface area contributed by atoms with Gasteiger partial charge in [0.05, 0.1) is 31.5 Å². The van der Waals surface area contributed by atoms with Crippen LogP contribution in [0.1, 0.15) is 85.5 Å². The molecule has 3 N–H and O–H groups in total. The fourth-order valence-electron chi connectivity index (χ4n) is 9.86. The molecule has 2 saturated heterocycles. The van der Waals surface area contributed by atoms with Gasteiger partial charge in [-0.2, -0.15) is 0 Å². The Bertz CT molecular complexity index is 2510. The minimum absolute atomic E-state index is 0.0568. The molecule has 4 aliphatic rings. The Morgan fingerprint density at radius 3 is 2.25 bits per heavy atom. The lowest BCUT2D eigenvalue weighted by Crippen LogP contribution is -2.56. The summed E-state index contributed by atoms with van der Waals surface area (Å²) in [4.78, 5) is 76.0. The normalized spacial score (nSPS) is 24.4. The summed E-state index contributed by atoms with van der Waals surface area (Å²) in [6.45, 7) is 2.93. The molecule has 3 amide bonds. The van der Waals surface area contributed by atoms with Gasteiger partial charge in [-0.05, 0) is 78.1 Å². The van der Waals surface area contributed by atoms with Gasteiger partial charge in [0.2, 0.25) is 5.91 Å². The number of anilines is 1. The Labute approximate surface area is 365 Å². The number of ether oxygens (including phenoxy) is 3. The van der Waals surface area contributed by atoms with Crippen LogP contribution >= 0.6 is 0 Å². The van der Waals surface area contributed by atoms with E-state index >= 15 is 4.79 Å². The van der Waals surface area contributed by atoms with Crippen molar-refractivity contribution in [2.45, 2.75) is 75.2 Å². The number of nitrogens with one attached hydrogen (secondary N) is 1. The average molecular weight is 852 g/mol. The molecule has 63 heavy (non-hydrogen) atoms. The topological polar surface area (TPSA) is 172 Å². The van der Waals surface area contributed by atoms with Crippen molar-refractivity contribution in [2.75, 3.05) is 25.2 Å². The van der Waals surface area contributed by atoms with E-state index in [1.165, 1.54) is 7.11 Å². The van der Waals surface area contributed by atoms with Crippen LogP contribution in [0.5, 0.6) is 5.75 Å². The molecule has 3 aliphatic heterocycles. The number of para-hydroxylation sites is 1. The number of allylic oxidation sites excluding steroid dienone is 2. The molecule has 324 valence electrons. The number of aliphatic hydroxyl groups is 1. The number of imide groups is 1. The number of nitrogens with zero attached hydrogens (tertiary/aromatic N) is 2. The number of aliphatic carboxylic acids is 1. The first kappa shape index (κ1) is 42.9. The quantitative estimate of drug-likeness (QED) is 0.117. The lowest BCUT2D eigenvalue weighted by molar-refractivity contribution is -0.179. The van der Waals surface area contributed by atoms with Crippen LogP contribution in [0, 0.1) is 23.7 Å². The second-order valence-corrected chi connectivity index (χ2v) is 16.5. The highest BCUT2D eigenvalue weighted by molar-refractivity contribution is 6.25. The number of morpholine rings is 1. The highest BCUT2D eigenvalue weighted by Gasteiger charge is 2.76. The van der Waals surface area contributed by atoms with Crippen molar-refractivity contribution in [2.24, 2.45) is 11.8 Å². The number of fused-ring (bicyclic) bond motifs is 3. The van der Waals surface area contributed by atoms with Crippen molar-refractivity contribution in [3.8, 4) is 17.6 Å². The number of carbonyl (C=O) groups is 5. The number of esters is 2. The number of carbonyl (C=O) groups excluding carboxylic acids is 4. The maximum Gasteiger partial charge on any atom is 0.329 e. The number of carboxylic acid groups (broad SMARTS) is 1. The van der Waals surface area contributed by atoms with Gasteiger partial charge in [0.25, 0.3) is 0 Å². The number of cyclic esters (lactones) is 1. The summed E-state index contributed by atoms with van der Waals surface area (Å²) < 4.78 is 17.6. The third-order valence-corrected chi connectivity index (χ3v) is 12.5. The first-order chi connectivity index (χ1) is 30.5. The van der Waals surface area contributed by atoms with Gasteiger partial charge in [-0.15, -0.1) is 0 Å². The highest BCUT2D eigenvalue weighted by Crippen LogP contribution is 2.66. The molecule has 0 radical (unpaired) electrons. The zero-order chi connectivity index (χ0) is 44.4. The van der Waals surface area contributed by atoms with Crippen LogP contribution in [0.2, 0.25) is 0 Å². The molecule has 1 aliphatic carbocycles. The average Bonchev–Trinajstić information content (AvgIpc) is 3.76. The third kappa shape index (κ3) is 7.53. The van der Waals surface area contributed by atoms with Crippen molar-refractivity contribution in [1.29, 1.82) is 0 Å². The lowest BCUT2D eigenvalue weighted by Gasteiger charge is -2.46. The predicted molar refractivity (Wildman–Crippen MR) is 231 cm³/mol. The number of hydrogen-bond acceptors (Lipinski definition) is 10. The number of carboxylic acids is 1. The van der Waals surface area contributed by atoms with E-state index in [4.69, 9.17) is 14.2 Å². The molecule has 4 aromatic rings. The molecule has 0 saturated carbocycles. The zero-order valence-corrected chi connectivity index (χ0v) is 35.2. The van der Waals surface area contributed by atoms with Crippen molar-refractivity contribution < 1.29 is 48.4 Å². The van der Waals surface area contributed by atoms with E-state index < -0.39 is 77.4 Å². The van der Waals surface area contributed by atoms with Crippen molar-refractivity contribution in [3.05, 3.63) is 143 Å². The first-order valence-corrected chi connectivity index (χ1v) is 21.2. The van der Waals surface area contributed by atoms with Crippen LogP contribution in [0.15, 0.2) is 115 Å². The van der Waals surface area contributed by atoms with Crippen LogP contribution in [0.3, 0.4) is 0 Å². The van der Waals surface area contributed by atoms with Crippen LogP contribution in [-0.2, 0) is 34.1 Å². The number of urea groups is 1. The molecule has 4 aromatic carbocycles. The maximum atomic E-state index is 16.2. The van der Waals surface area contributed by atoms with E-state index in [1.54, 1.807) is 61.2 Å². The molecule has 13 heteroatoms. The van der Waals surface area contributed by atoms with Gasteiger partial charge in [0, 0.05) is 11.1 Å². The van der Waals surface area contributed by atoms with Gasteiger partial charge < -0.3 is 29.7 Å². The summed E-state index contributed by atoms with van der Waals surface area (Å²) in [5.74, 6) is 0.365. The molecule has 3 heterocycles. The number of hydrogen-bond donors (Lipinski definition) is 3. The molecule has 7 atom stereocenters. The van der Waals surface area contributed by atoms with Gasteiger partial charge in [0.1, 0.15) is 41.9 Å². The van der Waals surface area contributed by atoms with Crippen molar-refractivity contribution >= 4 is 35.5 Å². The van der Waals surface area contributed by atoms with Crippen molar-refractivity contribution in [3.63, 3.8) is 0 Å². The van der Waals surface area contributed by atoms with Gasteiger partial charge in [0.15, 0.2) is 0 Å². The molecular formula is C50H49N3O10. The molecule has 2 fully saturated rings. The molecule has 8 rings (SSSR count). The Morgan fingerprint density at radius 1 is 0.905 bits per heavy atom. The van der Waals surface area contributed by atoms with E-state index in [-0.39, 0.29) is 30.2 Å². The molecular weight excluding hydrogens is 803 g/mol. The molecule has 1 spiro atoms. The van der Waals surface area contributed by atoms with Crippen LogP contribution < -0.4 is 15.0 Å². The Morgan fingerprint density at radius 2 is 1.60 bits per heavy atom. The van der Waals surface area contributed by atoms with Crippen LogP contribution in [0.25, 0.3) is 0 Å². The van der Waals surface area contributed by atoms with Crippen LogP contribution in [0.4, 0.5) is 10.5 Å². The molecule has 0 unspecified atom stereocenters. The smallest absolute Gasteiger partial charge is 0.329 e. The zero-order valence-electron chi connectivity index (χ0n) is 35.2. The fraction of sp³-hybridized carbons (Fsp3) is 0.340. The summed E-state index contributed by atoms with van der Waals surface area (Å²) in [7, 11) is 1.19. The molecule has 0 bridgehead atoms. The summed E-state index contributed by atoms with van der Waals surface area (Å²) >= 11 is 0. The Hall–Kier alpha value is -6.75. The number of aliphatic hydroxyl groups excluding tert-OH is 1. The fourth-order valence-corrected chi connectivity index (χ4v) is 9.86. The minimum Gasteiger partial charge on any atom is -0.491 e. The van der Waals surface area contributed by atoms with Gasteiger partial charge >= 0.3 is 23.9 Å². The largest absolute Gasteiger partial charge is 0.491 e. The van der Waals surface area contributed by atoms with Gasteiger partial charge in [-0.3, -0.25) is 19.3 Å². The number of amides is 3. The standard InChI is InChI=1S/C50H49N3O10/c1-30(2)40(46(57)61-3)51-49(60)52-37-26-25-32(24-23-31-15-7-4-8-16-31)29-36(37)50(48(52)59)39(45(55)56)42-47(58)63-43(34-19-11-6-12-20-34)41(33-17-9-5-10-18-33)53(42)44(50)35-21-13-14-22-38(35)62-28-27-54/h5-6,9-15,17-22,25-26,29-30,39-44,54H,4,7-8,16,27-28H2,1-3H3,(H,51,60)(H,55,56)/t39-,40-,41-,42-,43+,44+,50-/m0/s1. The van der Waals surface area contributed by atoms with Crippen molar-refractivity contribution in [1.82, 2.24) is 10.2 Å². The van der Waals surface area contributed by atoms with E-state index in [0.717, 1.165) is 36.2 Å². The Kier molecular flexibility index (Phi) is 12.2. The van der Waals surface area contributed by atoms with Gasteiger partial charge in [-0.1, -0.05) is 111 Å². The minimum atomic E-state index is -2.25. The molecule has 13 nitrogen and oxygen atoms in total. The lowest BCUT2D eigenvalue weighted by atomic mass is 9.65. The molecule has 0 aromatic heterocycles. The Balaban J connectivity index is 1.45. The summed E-state index contributed by atoms with van der Waals surface area (Å²) in [5, 5.41) is 24.3. The maximum absolute atomic E-state index is 16.2. The monoisotopic (exact) mass is 851 g/mol. The predicted octanol–water partition coefficient (Wildman–Crippen LogP) is 6.57. The summed E-state index contributed by atoms with van der Waals surface area (Å²) in [5.41, 5.74) is 0.999. The number of rotatable bonds is 10. The van der Waals surface area contributed by atoms with Crippen LogP contribution in [-0.4, -0.2) is 77.4 Å². The second-order valence-electron chi connectivity index (χ2n) is 16.5. The second kappa shape index (κ2) is 17.9. The van der Waals surface area contributed by atoms with E-state index in [2.05, 4.69) is 23.2 Å². The van der Waals surface area contributed by atoms with Gasteiger partial charge in [-0.25, -0.2) is 14.5 Å². The van der Waals surface area contributed by atoms with E-state index in [1.807, 2.05) is 60.7 Å². The first-order valence-electron chi connectivity index (χ1n) is 21.2. The highest BCUT2D eigenvalue weighted by atomic mass is 16.6. The van der Waals surface area contributed by atoms with E-state index in [9.17, 15) is 29.4 Å². The number of benzene rings is 4. The third-order valence-electron chi connectivity index (χ3n) is 12.5. The summed E-state index contributed by atoms with van der Waals surface area (Å²) in [6.07, 6.45) is 4.88. The number of methoxy groups -OCH3 is 1. The summed E-state index contributed by atoms with van der Waals surface area (Å²) in [6, 6.07) is 24.0. The SMILES string of the molecule is COC(=O)[C@@H](NC(=O)N1C(=O)[C@@]2(c3cc(C#CC4=CCCCC4)ccc31)[C@H](C(=O)O)[C@H]1C(=O)O[C@H](c3ccccc3)[C@H](c3ccccc3)N1[C@@H]2c1ccccc1OCCO)C(C)C.